The molecule has 98 valence electrons. The number of pyridine rings is 1. The SMILES string of the molecule is Cc1ccc(C)c(Cn2cccc(C(=O)O)c2=O)c1. The minimum atomic E-state index is -1.19. The van der Waals surface area contributed by atoms with Crippen molar-refractivity contribution in [2.45, 2.75) is 20.4 Å². The Morgan fingerprint density at radius 2 is 2.00 bits per heavy atom. The van der Waals surface area contributed by atoms with Crippen molar-refractivity contribution in [2.24, 2.45) is 0 Å². The Morgan fingerprint density at radius 3 is 2.68 bits per heavy atom. The van der Waals surface area contributed by atoms with E-state index in [0.717, 1.165) is 16.7 Å². The highest BCUT2D eigenvalue weighted by Gasteiger charge is 2.10. The second-order valence-corrected chi connectivity index (χ2v) is 4.59. The Kier molecular flexibility index (Phi) is 3.51. The molecule has 0 aliphatic carbocycles. The first-order valence-electron chi connectivity index (χ1n) is 5.98. The third-order valence-corrected chi connectivity index (χ3v) is 3.10. The predicted molar refractivity (Wildman–Crippen MR) is 72.7 cm³/mol. The van der Waals surface area contributed by atoms with Gasteiger partial charge in [0.25, 0.3) is 5.56 Å². The second-order valence-electron chi connectivity index (χ2n) is 4.59. The lowest BCUT2D eigenvalue weighted by Gasteiger charge is -2.10. The van der Waals surface area contributed by atoms with Crippen LogP contribution in [0.15, 0.2) is 41.3 Å². The summed E-state index contributed by atoms with van der Waals surface area (Å²) in [6.45, 7) is 4.34. The van der Waals surface area contributed by atoms with E-state index in [1.807, 2.05) is 32.0 Å². The molecule has 2 aromatic rings. The zero-order valence-electron chi connectivity index (χ0n) is 10.9. The molecule has 0 amide bonds. The molecule has 0 spiro atoms. The fraction of sp³-hybridized carbons (Fsp3) is 0.200. The molecular formula is C15H15NO3. The maximum atomic E-state index is 12.0. The summed E-state index contributed by atoms with van der Waals surface area (Å²) in [5, 5.41) is 8.94. The van der Waals surface area contributed by atoms with E-state index in [1.165, 1.54) is 10.6 Å². The fourth-order valence-corrected chi connectivity index (χ4v) is 1.98. The van der Waals surface area contributed by atoms with Gasteiger partial charge in [-0.15, -0.1) is 0 Å². The molecule has 0 saturated heterocycles. The Hall–Kier alpha value is -2.36. The largest absolute Gasteiger partial charge is 0.477 e. The average Bonchev–Trinajstić information content (AvgIpc) is 2.36. The van der Waals surface area contributed by atoms with Crippen molar-refractivity contribution in [1.29, 1.82) is 0 Å². The van der Waals surface area contributed by atoms with Crippen LogP contribution in [0.3, 0.4) is 0 Å². The molecule has 0 aliphatic rings. The van der Waals surface area contributed by atoms with Crippen LogP contribution in [-0.4, -0.2) is 15.6 Å². The highest BCUT2D eigenvalue weighted by Crippen LogP contribution is 2.11. The van der Waals surface area contributed by atoms with Crippen molar-refractivity contribution < 1.29 is 9.90 Å². The van der Waals surface area contributed by atoms with Gasteiger partial charge in [0.2, 0.25) is 0 Å². The highest BCUT2D eigenvalue weighted by molar-refractivity contribution is 5.86. The van der Waals surface area contributed by atoms with Crippen LogP contribution in [0.1, 0.15) is 27.0 Å². The van der Waals surface area contributed by atoms with Crippen LogP contribution in [0.2, 0.25) is 0 Å². The zero-order chi connectivity index (χ0) is 14.0. The van der Waals surface area contributed by atoms with E-state index < -0.39 is 11.5 Å². The van der Waals surface area contributed by atoms with Gasteiger partial charge in [0.05, 0.1) is 6.54 Å². The summed E-state index contributed by atoms with van der Waals surface area (Å²) in [6.07, 6.45) is 1.61. The average molecular weight is 257 g/mol. The summed E-state index contributed by atoms with van der Waals surface area (Å²) in [5.74, 6) is -1.19. The van der Waals surface area contributed by atoms with Crippen molar-refractivity contribution in [2.75, 3.05) is 0 Å². The number of hydrogen-bond acceptors (Lipinski definition) is 2. The van der Waals surface area contributed by atoms with E-state index in [9.17, 15) is 9.59 Å². The molecule has 4 heteroatoms. The quantitative estimate of drug-likeness (QED) is 0.917. The molecule has 0 unspecified atom stereocenters. The maximum absolute atomic E-state index is 12.0. The second kappa shape index (κ2) is 5.10. The van der Waals surface area contributed by atoms with Crippen molar-refractivity contribution in [3.8, 4) is 0 Å². The Morgan fingerprint density at radius 1 is 1.26 bits per heavy atom. The molecule has 0 saturated carbocycles. The van der Waals surface area contributed by atoms with Gasteiger partial charge in [-0.2, -0.15) is 0 Å². The third-order valence-electron chi connectivity index (χ3n) is 3.10. The first-order chi connectivity index (χ1) is 8.99. The summed E-state index contributed by atoms with van der Waals surface area (Å²) >= 11 is 0. The molecule has 0 fully saturated rings. The third kappa shape index (κ3) is 2.73. The van der Waals surface area contributed by atoms with Crippen molar-refractivity contribution in [3.63, 3.8) is 0 Å². The molecule has 0 aliphatic heterocycles. The van der Waals surface area contributed by atoms with E-state index in [4.69, 9.17) is 5.11 Å². The molecule has 1 N–H and O–H groups in total. The molecule has 19 heavy (non-hydrogen) atoms. The van der Waals surface area contributed by atoms with E-state index in [0.29, 0.717) is 6.54 Å². The molecule has 0 bridgehead atoms. The lowest BCUT2D eigenvalue weighted by molar-refractivity contribution is 0.0694. The summed E-state index contributed by atoms with van der Waals surface area (Å²) < 4.78 is 1.42. The summed E-state index contributed by atoms with van der Waals surface area (Å²) in [5.41, 5.74) is 2.54. The fourth-order valence-electron chi connectivity index (χ4n) is 1.98. The lowest BCUT2D eigenvalue weighted by Crippen LogP contribution is -2.26. The van der Waals surface area contributed by atoms with E-state index >= 15 is 0 Å². The number of hydrogen-bond donors (Lipinski definition) is 1. The van der Waals surface area contributed by atoms with Crippen LogP contribution in [0.5, 0.6) is 0 Å². The molecule has 0 atom stereocenters. The van der Waals surface area contributed by atoms with Gasteiger partial charge < -0.3 is 9.67 Å². The van der Waals surface area contributed by atoms with Crippen molar-refractivity contribution in [3.05, 3.63) is 69.1 Å². The Bertz CT molecular complexity index is 686. The van der Waals surface area contributed by atoms with Gasteiger partial charge in [-0.1, -0.05) is 23.8 Å². The van der Waals surface area contributed by atoms with Crippen LogP contribution in [0, 0.1) is 13.8 Å². The minimum absolute atomic E-state index is 0.201. The summed E-state index contributed by atoms with van der Waals surface area (Å²) in [4.78, 5) is 22.9. The summed E-state index contributed by atoms with van der Waals surface area (Å²) in [6, 6.07) is 8.92. The minimum Gasteiger partial charge on any atom is -0.477 e. The van der Waals surface area contributed by atoms with Gasteiger partial charge in [-0.3, -0.25) is 4.79 Å². The van der Waals surface area contributed by atoms with Crippen molar-refractivity contribution >= 4 is 5.97 Å². The van der Waals surface area contributed by atoms with Gasteiger partial charge in [0.15, 0.2) is 0 Å². The predicted octanol–water partition coefficient (Wildman–Crippen LogP) is 2.21. The van der Waals surface area contributed by atoms with Crippen LogP contribution < -0.4 is 5.56 Å². The van der Waals surface area contributed by atoms with Gasteiger partial charge in [0, 0.05) is 6.20 Å². The number of nitrogens with zero attached hydrogens (tertiary/aromatic N) is 1. The van der Waals surface area contributed by atoms with E-state index in [1.54, 1.807) is 12.3 Å². The standard InChI is InChI=1S/C15H15NO3/c1-10-5-6-11(2)12(8-10)9-16-7-3-4-13(14(16)17)15(18)19/h3-8H,9H2,1-2H3,(H,18,19). The van der Waals surface area contributed by atoms with Crippen LogP contribution in [0.4, 0.5) is 0 Å². The van der Waals surface area contributed by atoms with Crippen molar-refractivity contribution in [1.82, 2.24) is 4.57 Å². The number of aromatic nitrogens is 1. The number of aryl methyl sites for hydroxylation is 2. The van der Waals surface area contributed by atoms with Crippen LogP contribution in [0.25, 0.3) is 0 Å². The Labute approximate surface area is 110 Å². The van der Waals surface area contributed by atoms with E-state index in [2.05, 4.69) is 0 Å². The summed E-state index contributed by atoms with van der Waals surface area (Å²) in [7, 11) is 0. The molecule has 4 nitrogen and oxygen atoms in total. The van der Waals surface area contributed by atoms with E-state index in [-0.39, 0.29) is 5.56 Å². The number of carboxylic acids is 1. The monoisotopic (exact) mass is 257 g/mol. The number of carboxylic acid groups (broad SMARTS) is 1. The molecule has 2 rings (SSSR count). The van der Waals surface area contributed by atoms with Gasteiger partial charge in [-0.25, -0.2) is 4.79 Å². The zero-order valence-corrected chi connectivity index (χ0v) is 10.9. The first-order valence-corrected chi connectivity index (χ1v) is 5.98. The first kappa shape index (κ1) is 13.1. The number of benzene rings is 1. The Balaban J connectivity index is 2.44. The molecule has 1 aromatic carbocycles. The normalized spacial score (nSPS) is 10.4. The molecule has 1 aromatic heterocycles. The molecule has 1 heterocycles. The number of carbonyl (C=O) groups is 1. The molecular weight excluding hydrogens is 242 g/mol. The molecule has 0 radical (unpaired) electrons. The van der Waals surface area contributed by atoms with Gasteiger partial charge in [0.1, 0.15) is 5.56 Å². The maximum Gasteiger partial charge on any atom is 0.341 e. The topological polar surface area (TPSA) is 59.3 Å². The highest BCUT2D eigenvalue weighted by atomic mass is 16.4. The van der Waals surface area contributed by atoms with Gasteiger partial charge >= 0.3 is 5.97 Å². The van der Waals surface area contributed by atoms with Crippen LogP contribution in [-0.2, 0) is 6.54 Å². The number of rotatable bonds is 3. The number of aromatic carboxylic acids is 1. The van der Waals surface area contributed by atoms with Crippen LogP contribution >= 0.6 is 0 Å². The van der Waals surface area contributed by atoms with Gasteiger partial charge in [-0.05, 0) is 37.1 Å². The lowest BCUT2D eigenvalue weighted by atomic mass is 10.1. The smallest absolute Gasteiger partial charge is 0.341 e.